The Balaban J connectivity index is 2.07. The van der Waals surface area contributed by atoms with E-state index in [1.807, 2.05) is 12.1 Å². The maximum absolute atomic E-state index is 12.2. The quantitative estimate of drug-likeness (QED) is 0.796. The molecule has 5 nitrogen and oxygen atoms in total. The van der Waals surface area contributed by atoms with Crippen LogP contribution < -0.4 is 0 Å². The Morgan fingerprint density at radius 1 is 1.50 bits per heavy atom. The van der Waals surface area contributed by atoms with E-state index in [0.717, 1.165) is 24.8 Å². The summed E-state index contributed by atoms with van der Waals surface area (Å²) in [5.41, 5.74) is 0.989. The third kappa shape index (κ3) is 3.49. The molecule has 112 valence electrons. The van der Waals surface area contributed by atoms with Crippen LogP contribution in [0.15, 0.2) is 18.3 Å². The zero-order chi connectivity index (χ0) is 14.8. The second-order valence-corrected chi connectivity index (χ2v) is 7.81. The van der Waals surface area contributed by atoms with Gasteiger partial charge in [-0.15, -0.1) is 0 Å². The topological polar surface area (TPSA) is 53.5 Å². The SMILES string of the molecule is CN(C)S(=O)(=O)N1CCC[C@@H](Cc2cccnc2Cl)C1. The summed E-state index contributed by atoms with van der Waals surface area (Å²) in [6.45, 7) is 1.14. The van der Waals surface area contributed by atoms with Gasteiger partial charge in [-0.1, -0.05) is 17.7 Å². The van der Waals surface area contributed by atoms with Crippen LogP contribution in [0.4, 0.5) is 0 Å². The van der Waals surface area contributed by atoms with Gasteiger partial charge in [0.05, 0.1) is 0 Å². The molecule has 1 fully saturated rings. The van der Waals surface area contributed by atoms with Gasteiger partial charge in [0, 0.05) is 33.4 Å². The molecule has 0 amide bonds. The molecular weight excluding hydrogens is 298 g/mol. The monoisotopic (exact) mass is 317 g/mol. The number of nitrogens with zero attached hydrogens (tertiary/aromatic N) is 3. The zero-order valence-electron chi connectivity index (χ0n) is 11.8. The molecule has 1 aliphatic heterocycles. The number of pyridine rings is 1. The third-order valence-electron chi connectivity index (χ3n) is 3.61. The third-order valence-corrected chi connectivity index (χ3v) is 5.86. The van der Waals surface area contributed by atoms with Crippen molar-refractivity contribution in [2.45, 2.75) is 19.3 Å². The molecule has 20 heavy (non-hydrogen) atoms. The molecule has 0 aromatic carbocycles. The number of rotatable bonds is 4. The molecule has 1 saturated heterocycles. The maximum Gasteiger partial charge on any atom is 0.281 e. The van der Waals surface area contributed by atoms with E-state index in [9.17, 15) is 8.42 Å². The van der Waals surface area contributed by atoms with Crippen molar-refractivity contribution in [2.75, 3.05) is 27.2 Å². The van der Waals surface area contributed by atoms with Gasteiger partial charge in [-0.2, -0.15) is 17.0 Å². The molecule has 1 aliphatic rings. The fraction of sp³-hybridized carbons (Fsp3) is 0.615. The van der Waals surface area contributed by atoms with Crippen LogP contribution in [0.3, 0.4) is 0 Å². The van der Waals surface area contributed by atoms with Gasteiger partial charge in [-0.3, -0.25) is 0 Å². The van der Waals surface area contributed by atoms with E-state index in [1.54, 1.807) is 24.6 Å². The van der Waals surface area contributed by atoms with Crippen LogP contribution in [0.1, 0.15) is 18.4 Å². The lowest BCUT2D eigenvalue weighted by molar-refractivity contribution is 0.254. The first-order valence-electron chi connectivity index (χ1n) is 6.68. The van der Waals surface area contributed by atoms with Gasteiger partial charge in [-0.05, 0) is 36.8 Å². The van der Waals surface area contributed by atoms with E-state index >= 15 is 0 Å². The smallest absolute Gasteiger partial charge is 0.244 e. The van der Waals surface area contributed by atoms with Crippen molar-refractivity contribution >= 4 is 21.8 Å². The van der Waals surface area contributed by atoms with Crippen molar-refractivity contribution < 1.29 is 8.42 Å². The summed E-state index contributed by atoms with van der Waals surface area (Å²) in [7, 11) is -0.184. The number of hydrogen-bond donors (Lipinski definition) is 0. The summed E-state index contributed by atoms with van der Waals surface area (Å²) in [6.07, 6.45) is 4.34. The molecule has 0 saturated carbocycles. The Labute approximate surface area is 125 Å². The summed E-state index contributed by atoms with van der Waals surface area (Å²) in [4.78, 5) is 4.07. The highest BCUT2D eigenvalue weighted by Crippen LogP contribution is 2.25. The van der Waals surface area contributed by atoms with Gasteiger partial charge >= 0.3 is 0 Å². The van der Waals surface area contributed by atoms with E-state index in [-0.39, 0.29) is 0 Å². The number of aromatic nitrogens is 1. The summed E-state index contributed by atoms with van der Waals surface area (Å²) in [5, 5.41) is 0.514. The second kappa shape index (κ2) is 6.39. The minimum Gasteiger partial charge on any atom is -0.244 e. The molecule has 1 aromatic rings. The Morgan fingerprint density at radius 3 is 2.90 bits per heavy atom. The molecular formula is C13H20ClN3O2S. The van der Waals surface area contributed by atoms with Crippen LogP contribution in [0.2, 0.25) is 5.15 Å². The number of hydrogen-bond acceptors (Lipinski definition) is 3. The van der Waals surface area contributed by atoms with E-state index in [4.69, 9.17) is 11.6 Å². The summed E-state index contributed by atoms with van der Waals surface area (Å²) in [6, 6.07) is 3.81. The van der Waals surface area contributed by atoms with Gasteiger partial charge in [0.15, 0.2) is 0 Å². The van der Waals surface area contributed by atoms with Gasteiger partial charge in [0.25, 0.3) is 10.2 Å². The highest BCUT2D eigenvalue weighted by molar-refractivity contribution is 7.86. The summed E-state index contributed by atoms with van der Waals surface area (Å²) in [5.74, 6) is 0.292. The van der Waals surface area contributed by atoms with Crippen molar-refractivity contribution in [3.05, 3.63) is 29.0 Å². The lowest BCUT2D eigenvalue weighted by atomic mass is 9.93. The summed E-state index contributed by atoms with van der Waals surface area (Å²) < 4.78 is 27.2. The Kier molecular flexibility index (Phi) is 5.01. The van der Waals surface area contributed by atoms with Crippen molar-refractivity contribution in [1.82, 2.24) is 13.6 Å². The molecule has 0 bridgehead atoms. The van der Waals surface area contributed by atoms with E-state index in [2.05, 4.69) is 4.98 Å². The lowest BCUT2D eigenvalue weighted by Gasteiger charge is -2.33. The predicted molar refractivity (Wildman–Crippen MR) is 79.9 cm³/mol. The predicted octanol–water partition coefficient (Wildman–Crippen LogP) is 1.80. The fourth-order valence-corrected chi connectivity index (χ4v) is 3.93. The number of halogens is 1. The first-order chi connectivity index (χ1) is 9.41. The van der Waals surface area contributed by atoms with Crippen LogP contribution in [0.25, 0.3) is 0 Å². The van der Waals surface area contributed by atoms with Crippen LogP contribution in [-0.4, -0.2) is 49.2 Å². The Hall–Kier alpha value is -0.690. The lowest BCUT2D eigenvalue weighted by Crippen LogP contribution is -2.45. The van der Waals surface area contributed by atoms with Gasteiger partial charge in [0.1, 0.15) is 5.15 Å². The average molecular weight is 318 g/mol. The molecule has 0 unspecified atom stereocenters. The highest BCUT2D eigenvalue weighted by atomic mass is 35.5. The molecule has 0 aliphatic carbocycles. The average Bonchev–Trinajstić information content (AvgIpc) is 2.41. The molecule has 1 atom stereocenters. The van der Waals surface area contributed by atoms with Crippen molar-refractivity contribution in [3.63, 3.8) is 0 Å². The molecule has 7 heteroatoms. The van der Waals surface area contributed by atoms with Crippen molar-refractivity contribution in [3.8, 4) is 0 Å². The highest BCUT2D eigenvalue weighted by Gasteiger charge is 2.30. The maximum atomic E-state index is 12.2. The van der Waals surface area contributed by atoms with E-state index in [1.165, 1.54) is 4.31 Å². The van der Waals surface area contributed by atoms with Gasteiger partial charge in [0.2, 0.25) is 0 Å². The molecule has 0 N–H and O–H groups in total. The first-order valence-corrected chi connectivity index (χ1v) is 8.45. The van der Waals surface area contributed by atoms with Gasteiger partial charge in [-0.25, -0.2) is 4.98 Å². The molecule has 0 spiro atoms. The van der Waals surface area contributed by atoms with Crippen LogP contribution in [0.5, 0.6) is 0 Å². The van der Waals surface area contributed by atoms with Crippen molar-refractivity contribution in [1.29, 1.82) is 0 Å². The normalized spacial score (nSPS) is 21.3. The zero-order valence-corrected chi connectivity index (χ0v) is 13.4. The van der Waals surface area contributed by atoms with Crippen molar-refractivity contribution in [2.24, 2.45) is 5.92 Å². The van der Waals surface area contributed by atoms with Gasteiger partial charge < -0.3 is 0 Å². The molecule has 1 aromatic heterocycles. The minimum atomic E-state index is -3.32. The Bertz CT molecular complexity index is 562. The van der Waals surface area contributed by atoms with E-state index < -0.39 is 10.2 Å². The molecule has 2 heterocycles. The van der Waals surface area contributed by atoms with Crippen LogP contribution in [0, 0.1) is 5.92 Å². The standard InChI is InChI=1S/C13H20ClN3O2S/c1-16(2)20(18,19)17-8-4-5-11(10-17)9-12-6-3-7-15-13(12)14/h3,6-7,11H,4-5,8-10H2,1-2H3/t11-/m0/s1. The number of piperidine rings is 1. The summed E-state index contributed by atoms with van der Waals surface area (Å²) >= 11 is 6.07. The van der Waals surface area contributed by atoms with E-state index in [0.29, 0.717) is 24.2 Å². The fourth-order valence-electron chi connectivity index (χ4n) is 2.52. The Morgan fingerprint density at radius 2 is 2.25 bits per heavy atom. The van der Waals surface area contributed by atoms with Crippen LogP contribution in [-0.2, 0) is 16.6 Å². The first kappa shape index (κ1) is 15.7. The second-order valence-electron chi connectivity index (χ2n) is 5.31. The minimum absolute atomic E-state index is 0.292. The molecule has 0 radical (unpaired) electrons. The largest absolute Gasteiger partial charge is 0.281 e. The molecule has 2 rings (SSSR count). The van der Waals surface area contributed by atoms with Crippen LogP contribution >= 0.6 is 11.6 Å².